The van der Waals surface area contributed by atoms with Gasteiger partial charge in [-0.15, -0.1) is 0 Å². The molecule has 134 valence electrons. The van der Waals surface area contributed by atoms with Crippen LogP contribution in [0.4, 0.5) is 0 Å². The van der Waals surface area contributed by atoms with Gasteiger partial charge in [-0.2, -0.15) is 0 Å². The van der Waals surface area contributed by atoms with Crippen LogP contribution in [-0.2, 0) is 4.74 Å². The van der Waals surface area contributed by atoms with Crippen molar-refractivity contribution in [1.29, 1.82) is 0 Å². The summed E-state index contributed by atoms with van der Waals surface area (Å²) in [5.41, 5.74) is -0.459. The van der Waals surface area contributed by atoms with Gasteiger partial charge in [0, 0.05) is 0 Å². The van der Waals surface area contributed by atoms with E-state index in [1.165, 1.54) is 18.6 Å². The van der Waals surface area contributed by atoms with Crippen molar-refractivity contribution in [1.82, 2.24) is 0 Å². The summed E-state index contributed by atoms with van der Waals surface area (Å²) >= 11 is 0. The Morgan fingerprint density at radius 3 is 2.29 bits per heavy atom. The molecule has 1 N–H and O–H groups in total. The summed E-state index contributed by atoms with van der Waals surface area (Å²) in [6.07, 6.45) is 6.02. The number of carbonyl (C=O) groups excluding carboxylic acids is 1. The predicted octanol–water partition coefficient (Wildman–Crippen LogP) is 5.32. The number of benzene rings is 1. The van der Waals surface area contributed by atoms with Crippen LogP contribution in [0.5, 0.6) is 0 Å². The molecule has 0 aromatic heterocycles. The Balaban J connectivity index is 2.89. The topological polar surface area (TPSA) is 63.6 Å². The minimum absolute atomic E-state index is 0.0135. The lowest BCUT2D eigenvalue weighted by molar-refractivity contribution is -0.0245. The predicted molar refractivity (Wildman–Crippen MR) is 95.4 cm³/mol. The van der Waals surface area contributed by atoms with Crippen LogP contribution in [0.1, 0.15) is 86.9 Å². The third-order valence-corrected chi connectivity index (χ3v) is 4.12. The molecule has 0 fully saturated rings. The van der Waals surface area contributed by atoms with Crippen molar-refractivity contribution < 1.29 is 19.4 Å². The molecule has 1 aromatic rings. The lowest BCUT2D eigenvalue weighted by Gasteiger charge is -2.31. The molecule has 1 atom stereocenters. The molecule has 0 spiro atoms. The van der Waals surface area contributed by atoms with Gasteiger partial charge in [-0.3, -0.25) is 0 Å². The minimum atomic E-state index is -1.11. The second-order valence-electron chi connectivity index (χ2n) is 7.10. The maximum atomic E-state index is 12.6. The number of unbranched alkanes of at least 4 members (excludes halogenated alkanes) is 3. The van der Waals surface area contributed by atoms with E-state index < -0.39 is 17.5 Å². The number of rotatable bonds is 10. The molecule has 4 heteroatoms. The van der Waals surface area contributed by atoms with Crippen LogP contribution in [0.15, 0.2) is 24.3 Å². The smallest absolute Gasteiger partial charge is 0.339 e. The van der Waals surface area contributed by atoms with E-state index in [4.69, 9.17) is 4.74 Å². The normalized spacial score (nSPS) is 13.5. The van der Waals surface area contributed by atoms with E-state index >= 15 is 0 Å². The van der Waals surface area contributed by atoms with Crippen molar-refractivity contribution in [2.24, 2.45) is 5.92 Å². The highest BCUT2D eigenvalue weighted by Crippen LogP contribution is 2.29. The van der Waals surface area contributed by atoms with Gasteiger partial charge in [-0.1, -0.05) is 52.2 Å². The van der Waals surface area contributed by atoms with Crippen LogP contribution in [-0.4, -0.2) is 22.6 Å². The van der Waals surface area contributed by atoms with Gasteiger partial charge >= 0.3 is 11.9 Å². The van der Waals surface area contributed by atoms with Gasteiger partial charge in [0.25, 0.3) is 0 Å². The molecular weight excluding hydrogens is 304 g/mol. The van der Waals surface area contributed by atoms with Crippen molar-refractivity contribution >= 4 is 11.9 Å². The number of aromatic carboxylic acids is 1. The van der Waals surface area contributed by atoms with Gasteiger partial charge in [0.2, 0.25) is 0 Å². The zero-order chi connectivity index (χ0) is 18.2. The molecule has 0 radical (unpaired) electrons. The van der Waals surface area contributed by atoms with E-state index in [9.17, 15) is 14.7 Å². The van der Waals surface area contributed by atoms with Crippen molar-refractivity contribution in [3.05, 3.63) is 35.4 Å². The molecule has 0 saturated carbocycles. The highest BCUT2D eigenvalue weighted by atomic mass is 16.6. The molecule has 0 heterocycles. The Morgan fingerprint density at radius 2 is 1.75 bits per heavy atom. The molecule has 0 saturated heterocycles. The van der Waals surface area contributed by atoms with Crippen molar-refractivity contribution in [2.45, 2.75) is 71.8 Å². The van der Waals surface area contributed by atoms with E-state index in [0.717, 1.165) is 32.1 Å². The highest BCUT2D eigenvalue weighted by molar-refractivity contribution is 6.02. The number of carboxylic acids is 1. The summed E-state index contributed by atoms with van der Waals surface area (Å²) in [5.74, 6) is -1.27. The fourth-order valence-electron chi connectivity index (χ4n) is 3.11. The summed E-state index contributed by atoms with van der Waals surface area (Å²) < 4.78 is 5.80. The van der Waals surface area contributed by atoms with Gasteiger partial charge < -0.3 is 9.84 Å². The molecule has 1 aromatic carbocycles. The molecule has 0 bridgehead atoms. The second kappa shape index (κ2) is 9.45. The van der Waals surface area contributed by atoms with E-state index in [-0.39, 0.29) is 11.1 Å². The fourth-order valence-corrected chi connectivity index (χ4v) is 3.11. The molecule has 1 rings (SSSR count). The first-order valence-corrected chi connectivity index (χ1v) is 8.84. The zero-order valence-corrected chi connectivity index (χ0v) is 15.3. The minimum Gasteiger partial charge on any atom is -0.478 e. The standard InChI is InChI=1S/C20H30O4/c1-5-6-7-10-13-20(4,14-15(2)3)24-19(23)17-12-9-8-11-16(17)18(21)22/h8-9,11-12,15H,5-7,10,13-14H2,1-4H3,(H,21,22). The van der Waals surface area contributed by atoms with Crippen LogP contribution < -0.4 is 0 Å². The van der Waals surface area contributed by atoms with Crippen LogP contribution in [0.3, 0.4) is 0 Å². The maximum Gasteiger partial charge on any atom is 0.339 e. The van der Waals surface area contributed by atoms with Crippen molar-refractivity contribution in [3.63, 3.8) is 0 Å². The van der Waals surface area contributed by atoms with Crippen LogP contribution >= 0.6 is 0 Å². The molecule has 0 aliphatic heterocycles. The van der Waals surface area contributed by atoms with Crippen molar-refractivity contribution in [2.75, 3.05) is 0 Å². The highest BCUT2D eigenvalue weighted by Gasteiger charge is 2.31. The lowest BCUT2D eigenvalue weighted by Crippen LogP contribution is -2.34. The number of ether oxygens (including phenoxy) is 1. The van der Waals surface area contributed by atoms with Gasteiger partial charge in [-0.05, 0) is 44.2 Å². The molecule has 0 aliphatic carbocycles. The second-order valence-corrected chi connectivity index (χ2v) is 7.10. The summed E-state index contributed by atoms with van der Waals surface area (Å²) in [6, 6.07) is 6.21. The quantitative estimate of drug-likeness (QED) is 0.465. The molecule has 0 amide bonds. The number of hydrogen-bond donors (Lipinski definition) is 1. The van der Waals surface area contributed by atoms with Crippen LogP contribution in [0.25, 0.3) is 0 Å². The number of carbonyl (C=O) groups is 2. The Labute approximate surface area is 145 Å². The molecule has 24 heavy (non-hydrogen) atoms. The molecular formula is C20H30O4. The largest absolute Gasteiger partial charge is 0.478 e. The van der Waals surface area contributed by atoms with E-state index in [1.54, 1.807) is 12.1 Å². The maximum absolute atomic E-state index is 12.6. The zero-order valence-electron chi connectivity index (χ0n) is 15.3. The monoisotopic (exact) mass is 334 g/mol. The summed E-state index contributed by atoms with van der Waals surface area (Å²) in [7, 11) is 0. The average molecular weight is 334 g/mol. The number of hydrogen-bond acceptors (Lipinski definition) is 3. The lowest BCUT2D eigenvalue weighted by atomic mass is 9.88. The summed E-state index contributed by atoms with van der Waals surface area (Å²) in [4.78, 5) is 23.9. The number of esters is 1. The fraction of sp³-hybridized carbons (Fsp3) is 0.600. The van der Waals surface area contributed by atoms with Gasteiger partial charge in [0.05, 0.1) is 11.1 Å². The van der Waals surface area contributed by atoms with Gasteiger partial charge in [0.15, 0.2) is 0 Å². The van der Waals surface area contributed by atoms with Crippen LogP contribution in [0.2, 0.25) is 0 Å². The first-order valence-electron chi connectivity index (χ1n) is 8.84. The van der Waals surface area contributed by atoms with Crippen molar-refractivity contribution in [3.8, 4) is 0 Å². The summed E-state index contributed by atoms with van der Waals surface area (Å²) in [5, 5.41) is 9.25. The van der Waals surface area contributed by atoms with Gasteiger partial charge in [0.1, 0.15) is 5.60 Å². The van der Waals surface area contributed by atoms with E-state index in [0.29, 0.717) is 5.92 Å². The first-order chi connectivity index (χ1) is 11.3. The van der Waals surface area contributed by atoms with E-state index in [1.807, 2.05) is 6.92 Å². The first kappa shape index (κ1) is 20.2. The summed E-state index contributed by atoms with van der Waals surface area (Å²) in [6.45, 7) is 8.32. The Kier molecular flexibility index (Phi) is 7.96. The Bertz CT molecular complexity index is 550. The average Bonchev–Trinajstić information content (AvgIpc) is 2.50. The Hall–Kier alpha value is -1.84. The van der Waals surface area contributed by atoms with E-state index in [2.05, 4.69) is 20.8 Å². The Morgan fingerprint density at radius 1 is 1.12 bits per heavy atom. The third-order valence-electron chi connectivity index (χ3n) is 4.12. The molecule has 1 unspecified atom stereocenters. The van der Waals surface area contributed by atoms with Gasteiger partial charge in [-0.25, -0.2) is 9.59 Å². The van der Waals surface area contributed by atoms with Crippen LogP contribution in [0, 0.1) is 5.92 Å². The SMILES string of the molecule is CCCCCCC(C)(CC(C)C)OC(=O)c1ccccc1C(=O)O. The molecule has 4 nitrogen and oxygen atoms in total. The third kappa shape index (κ3) is 6.34. The molecule has 0 aliphatic rings. The number of carboxylic acid groups (broad SMARTS) is 1.